The van der Waals surface area contributed by atoms with Gasteiger partial charge in [-0.05, 0) is 17.7 Å². The monoisotopic (exact) mass is 178 g/mol. The van der Waals surface area contributed by atoms with E-state index in [2.05, 4.69) is 21.6 Å². The van der Waals surface area contributed by atoms with Crippen LogP contribution in [-0.2, 0) is 4.74 Å². The van der Waals surface area contributed by atoms with E-state index in [0.29, 0.717) is 5.82 Å². The number of hydrogen-bond donors (Lipinski definition) is 1. The molecule has 1 aromatic heterocycles. The number of carbonyl (C=O) groups is 1. The summed E-state index contributed by atoms with van der Waals surface area (Å²) in [6.45, 7) is 3.59. The highest BCUT2D eigenvalue weighted by Crippen LogP contribution is 2.05. The zero-order chi connectivity index (χ0) is 9.68. The van der Waals surface area contributed by atoms with Gasteiger partial charge in [0.25, 0.3) is 0 Å². The average molecular weight is 178 g/mol. The number of pyridine rings is 1. The number of anilines is 1. The summed E-state index contributed by atoms with van der Waals surface area (Å²) < 4.78 is 4.40. The molecule has 1 aromatic rings. The van der Waals surface area contributed by atoms with Crippen LogP contribution in [0.5, 0.6) is 0 Å². The Kier molecular flexibility index (Phi) is 3.03. The number of amides is 1. The first-order chi connectivity index (χ1) is 6.26. The average Bonchev–Trinajstić information content (AvgIpc) is 2.19. The summed E-state index contributed by atoms with van der Waals surface area (Å²) >= 11 is 0. The zero-order valence-electron chi connectivity index (χ0n) is 7.28. The van der Waals surface area contributed by atoms with Gasteiger partial charge in [0.15, 0.2) is 0 Å². The van der Waals surface area contributed by atoms with Gasteiger partial charge in [-0.3, -0.25) is 5.32 Å². The molecule has 13 heavy (non-hydrogen) atoms. The third-order valence-electron chi connectivity index (χ3n) is 1.44. The molecular weight excluding hydrogens is 168 g/mol. The first-order valence-electron chi connectivity index (χ1n) is 3.69. The molecule has 1 rings (SSSR count). The maximum atomic E-state index is 10.7. The Morgan fingerprint density at radius 2 is 2.46 bits per heavy atom. The Morgan fingerprint density at radius 1 is 1.69 bits per heavy atom. The van der Waals surface area contributed by atoms with Crippen molar-refractivity contribution in [3.8, 4) is 0 Å². The smallest absolute Gasteiger partial charge is 0.412 e. The predicted octanol–water partition coefficient (Wildman–Crippen LogP) is 1.90. The number of nitrogens with zero attached hydrogens (tertiary/aromatic N) is 1. The topological polar surface area (TPSA) is 51.2 Å². The Hall–Kier alpha value is -1.84. The SMILES string of the molecule is C=Cc1ccc(NC(=O)OC)nc1. The van der Waals surface area contributed by atoms with Crippen molar-refractivity contribution in [1.82, 2.24) is 4.98 Å². The standard InChI is InChI=1S/C9H10N2O2/c1-3-7-4-5-8(10-6-7)11-9(12)13-2/h3-6H,1H2,2H3,(H,10,11,12). The third kappa shape index (κ3) is 2.59. The molecule has 0 unspecified atom stereocenters. The van der Waals surface area contributed by atoms with Gasteiger partial charge in [0, 0.05) is 6.20 Å². The lowest BCUT2D eigenvalue weighted by atomic mass is 10.3. The molecule has 0 aliphatic heterocycles. The molecule has 0 aromatic carbocycles. The number of rotatable bonds is 2. The van der Waals surface area contributed by atoms with E-state index in [9.17, 15) is 4.79 Å². The lowest BCUT2D eigenvalue weighted by Gasteiger charge is -2.01. The first-order valence-corrected chi connectivity index (χ1v) is 3.69. The normalized spacial score (nSPS) is 9.00. The van der Waals surface area contributed by atoms with Gasteiger partial charge in [-0.15, -0.1) is 0 Å². The van der Waals surface area contributed by atoms with Crippen LogP contribution in [0.15, 0.2) is 24.9 Å². The number of nitrogens with one attached hydrogen (secondary N) is 1. The van der Waals surface area contributed by atoms with Crippen LogP contribution >= 0.6 is 0 Å². The Balaban J connectivity index is 2.69. The van der Waals surface area contributed by atoms with Crippen LogP contribution in [0.3, 0.4) is 0 Å². The molecule has 4 heteroatoms. The second-order valence-electron chi connectivity index (χ2n) is 2.30. The quantitative estimate of drug-likeness (QED) is 0.752. The van der Waals surface area contributed by atoms with Crippen molar-refractivity contribution in [2.75, 3.05) is 12.4 Å². The van der Waals surface area contributed by atoms with E-state index in [4.69, 9.17) is 0 Å². The Bertz CT molecular complexity index is 306. The molecule has 0 aliphatic carbocycles. The fraction of sp³-hybridized carbons (Fsp3) is 0.111. The zero-order valence-corrected chi connectivity index (χ0v) is 7.28. The van der Waals surface area contributed by atoms with E-state index in [1.807, 2.05) is 0 Å². The second-order valence-corrected chi connectivity index (χ2v) is 2.30. The van der Waals surface area contributed by atoms with Crippen molar-refractivity contribution in [2.24, 2.45) is 0 Å². The molecule has 0 radical (unpaired) electrons. The second kappa shape index (κ2) is 4.25. The summed E-state index contributed by atoms with van der Waals surface area (Å²) in [5.41, 5.74) is 0.899. The lowest BCUT2D eigenvalue weighted by molar-refractivity contribution is 0.187. The van der Waals surface area contributed by atoms with Crippen LogP contribution in [0.1, 0.15) is 5.56 Å². The molecule has 0 spiro atoms. The summed E-state index contributed by atoms with van der Waals surface area (Å²) in [7, 11) is 1.30. The van der Waals surface area contributed by atoms with Gasteiger partial charge in [0.2, 0.25) is 0 Å². The molecule has 1 N–H and O–H groups in total. The maximum Gasteiger partial charge on any atom is 0.412 e. The first kappa shape index (κ1) is 9.25. The van der Waals surface area contributed by atoms with Gasteiger partial charge < -0.3 is 4.74 Å². The number of hydrogen-bond acceptors (Lipinski definition) is 3. The highest BCUT2D eigenvalue weighted by molar-refractivity contribution is 5.83. The predicted molar refractivity (Wildman–Crippen MR) is 50.4 cm³/mol. The molecular formula is C9H10N2O2. The molecule has 0 bridgehead atoms. The van der Waals surface area contributed by atoms with Crippen molar-refractivity contribution in [3.63, 3.8) is 0 Å². The van der Waals surface area contributed by atoms with Crippen molar-refractivity contribution in [1.29, 1.82) is 0 Å². The van der Waals surface area contributed by atoms with Crippen LogP contribution < -0.4 is 5.32 Å². The molecule has 0 atom stereocenters. The van der Waals surface area contributed by atoms with E-state index >= 15 is 0 Å². The maximum absolute atomic E-state index is 10.7. The van der Waals surface area contributed by atoms with Crippen molar-refractivity contribution in [2.45, 2.75) is 0 Å². The van der Waals surface area contributed by atoms with E-state index < -0.39 is 6.09 Å². The summed E-state index contributed by atoms with van der Waals surface area (Å²) in [6, 6.07) is 3.47. The molecule has 0 saturated carbocycles. The van der Waals surface area contributed by atoms with Gasteiger partial charge in [0.05, 0.1) is 7.11 Å². The fourth-order valence-corrected chi connectivity index (χ4v) is 0.756. The van der Waals surface area contributed by atoms with Gasteiger partial charge >= 0.3 is 6.09 Å². The Morgan fingerprint density at radius 3 is 2.92 bits per heavy atom. The van der Waals surface area contributed by atoms with E-state index in [1.165, 1.54) is 7.11 Å². The van der Waals surface area contributed by atoms with E-state index in [0.717, 1.165) is 5.56 Å². The van der Waals surface area contributed by atoms with E-state index in [1.54, 1.807) is 24.4 Å². The summed E-state index contributed by atoms with van der Waals surface area (Å²) in [4.78, 5) is 14.7. The summed E-state index contributed by atoms with van der Waals surface area (Å²) in [6.07, 6.45) is 2.76. The van der Waals surface area contributed by atoms with Crippen LogP contribution in [0.2, 0.25) is 0 Å². The lowest BCUT2D eigenvalue weighted by Crippen LogP contribution is -2.11. The van der Waals surface area contributed by atoms with Crippen LogP contribution in [0, 0.1) is 0 Å². The summed E-state index contributed by atoms with van der Waals surface area (Å²) in [5, 5.41) is 2.44. The van der Waals surface area contributed by atoms with Gasteiger partial charge in [-0.25, -0.2) is 9.78 Å². The molecule has 0 aliphatic rings. The molecule has 0 fully saturated rings. The molecule has 0 saturated heterocycles. The molecule has 68 valence electrons. The highest BCUT2D eigenvalue weighted by Gasteiger charge is 1.99. The van der Waals surface area contributed by atoms with Gasteiger partial charge in [0.1, 0.15) is 5.82 Å². The van der Waals surface area contributed by atoms with Gasteiger partial charge in [-0.2, -0.15) is 0 Å². The van der Waals surface area contributed by atoms with Crippen molar-refractivity contribution >= 4 is 18.0 Å². The minimum atomic E-state index is -0.529. The number of methoxy groups -OCH3 is 1. The third-order valence-corrected chi connectivity index (χ3v) is 1.44. The minimum Gasteiger partial charge on any atom is -0.453 e. The van der Waals surface area contributed by atoms with Crippen LogP contribution in [0.4, 0.5) is 10.6 Å². The highest BCUT2D eigenvalue weighted by atomic mass is 16.5. The van der Waals surface area contributed by atoms with Crippen LogP contribution in [0.25, 0.3) is 6.08 Å². The fourth-order valence-electron chi connectivity index (χ4n) is 0.756. The minimum absolute atomic E-state index is 0.456. The molecule has 1 amide bonds. The largest absolute Gasteiger partial charge is 0.453 e. The summed E-state index contributed by atoms with van der Waals surface area (Å²) in [5.74, 6) is 0.456. The molecule has 4 nitrogen and oxygen atoms in total. The van der Waals surface area contributed by atoms with E-state index in [-0.39, 0.29) is 0 Å². The number of aromatic nitrogens is 1. The number of carbonyl (C=O) groups excluding carboxylic acids is 1. The Labute approximate surface area is 76.2 Å². The van der Waals surface area contributed by atoms with Gasteiger partial charge in [-0.1, -0.05) is 12.7 Å². The van der Waals surface area contributed by atoms with Crippen molar-refractivity contribution in [3.05, 3.63) is 30.5 Å². The van der Waals surface area contributed by atoms with Crippen molar-refractivity contribution < 1.29 is 9.53 Å². The van der Waals surface area contributed by atoms with Crippen LogP contribution in [-0.4, -0.2) is 18.2 Å². The number of ether oxygens (including phenoxy) is 1. The molecule has 1 heterocycles.